The van der Waals surface area contributed by atoms with Crippen LogP contribution in [0.4, 0.5) is 0 Å². The first-order valence-corrected chi connectivity index (χ1v) is 13.7. The normalized spacial score (nSPS) is 12.8. The summed E-state index contributed by atoms with van der Waals surface area (Å²) in [6.45, 7) is 9.48. The lowest BCUT2D eigenvalue weighted by Gasteiger charge is -2.18. The van der Waals surface area contributed by atoms with Gasteiger partial charge in [0.1, 0.15) is 11.9 Å². The van der Waals surface area contributed by atoms with Crippen LogP contribution in [0.15, 0.2) is 48.5 Å². The first-order valence-electron chi connectivity index (χ1n) is 13.7. The van der Waals surface area contributed by atoms with Gasteiger partial charge >= 0.3 is 5.97 Å². The maximum Gasteiger partial charge on any atom is 0.335 e. The third kappa shape index (κ3) is 11.3. The molecule has 2 unspecified atom stereocenters. The Morgan fingerprint density at radius 1 is 0.686 bits per heavy atom. The lowest BCUT2D eigenvalue weighted by Crippen LogP contribution is -2.25. The predicted molar refractivity (Wildman–Crippen MR) is 145 cm³/mol. The highest BCUT2D eigenvalue weighted by Crippen LogP contribution is 2.26. The Hall–Kier alpha value is -2.33. The van der Waals surface area contributed by atoms with Crippen LogP contribution in [0.5, 0.6) is 5.75 Å². The molecule has 35 heavy (non-hydrogen) atoms. The molecule has 2 aromatic rings. The molecule has 0 aromatic heterocycles. The maximum atomic E-state index is 12.4. The summed E-state index contributed by atoms with van der Waals surface area (Å²) < 4.78 is 17.2. The Bertz CT molecular complexity index is 813. The van der Waals surface area contributed by atoms with Crippen molar-refractivity contribution in [1.82, 2.24) is 0 Å². The van der Waals surface area contributed by atoms with E-state index in [0.717, 1.165) is 48.3 Å². The second kappa shape index (κ2) is 17.2. The van der Waals surface area contributed by atoms with E-state index in [2.05, 4.69) is 38.1 Å². The summed E-state index contributed by atoms with van der Waals surface area (Å²) in [7, 11) is 0. The van der Waals surface area contributed by atoms with Crippen LogP contribution >= 0.6 is 0 Å². The van der Waals surface area contributed by atoms with E-state index >= 15 is 0 Å². The summed E-state index contributed by atoms with van der Waals surface area (Å²) in [5.41, 5.74) is 3.23. The zero-order valence-electron chi connectivity index (χ0n) is 22.4. The molecule has 0 amide bonds. The van der Waals surface area contributed by atoms with Crippen LogP contribution in [0, 0.1) is 0 Å². The molecule has 4 heteroatoms. The van der Waals surface area contributed by atoms with E-state index < -0.39 is 6.10 Å². The Morgan fingerprint density at radius 3 is 1.77 bits per heavy atom. The predicted octanol–water partition coefficient (Wildman–Crippen LogP) is 8.68. The van der Waals surface area contributed by atoms with Crippen molar-refractivity contribution in [2.45, 2.75) is 104 Å². The average Bonchev–Trinajstić information content (AvgIpc) is 2.88. The number of esters is 1. The monoisotopic (exact) mass is 482 g/mol. The number of ether oxygens (including phenoxy) is 3. The number of rotatable bonds is 18. The highest BCUT2D eigenvalue weighted by atomic mass is 16.6. The molecule has 0 fully saturated rings. The average molecular weight is 483 g/mol. The van der Waals surface area contributed by atoms with E-state index in [0.29, 0.717) is 6.61 Å². The van der Waals surface area contributed by atoms with Crippen molar-refractivity contribution in [3.8, 4) is 16.9 Å². The first-order chi connectivity index (χ1) is 17.0. The Kier molecular flexibility index (Phi) is 14.2. The zero-order valence-corrected chi connectivity index (χ0v) is 22.4. The van der Waals surface area contributed by atoms with Gasteiger partial charge in [-0.2, -0.15) is 0 Å². The molecule has 0 aliphatic carbocycles. The molecule has 2 rings (SSSR count). The summed E-state index contributed by atoms with van der Waals surface area (Å²) in [5.74, 6) is 0.606. The molecule has 2 atom stereocenters. The van der Waals surface area contributed by atoms with E-state index in [1.807, 2.05) is 31.2 Å². The van der Waals surface area contributed by atoms with Gasteiger partial charge < -0.3 is 14.2 Å². The zero-order chi connectivity index (χ0) is 25.3. The quantitative estimate of drug-likeness (QED) is 0.157. The van der Waals surface area contributed by atoms with E-state index in [1.54, 1.807) is 6.92 Å². The van der Waals surface area contributed by atoms with Gasteiger partial charge in [0.15, 0.2) is 6.10 Å². The standard InChI is InChI=1S/C31H46O4/c1-5-7-9-11-13-23-33-26(4)31(32)35-25(3)27-15-17-28(18-16-27)29-19-21-30(22-20-29)34-24-14-12-10-8-6-2/h15-22,25-26H,5-14,23-24H2,1-4H3. The van der Waals surface area contributed by atoms with Gasteiger partial charge in [0.05, 0.1) is 6.61 Å². The molecule has 0 N–H and O–H groups in total. The molecular formula is C31H46O4. The minimum absolute atomic E-state index is 0.309. The number of hydrogen-bond acceptors (Lipinski definition) is 4. The van der Waals surface area contributed by atoms with Gasteiger partial charge in [0, 0.05) is 6.61 Å². The second-order valence-corrected chi connectivity index (χ2v) is 9.42. The molecule has 0 radical (unpaired) electrons. The first kappa shape index (κ1) is 28.9. The molecule has 0 heterocycles. The highest BCUT2D eigenvalue weighted by molar-refractivity contribution is 5.74. The summed E-state index contributed by atoms with van der Waals surface area (Å²) in [6, 6.07) is 16.4. The van der Waals surface area contributed by atoms with Crippen molar-refractivity contribution >= 4 is 5.97 Å². The van der Waals surface area contributed by atoms with Gasteiger partial charge in [-0.1, -0.05) is 102 Å². The van der Waals surface area contributed by atoms with E-state index in [9.17, 15) is 4.79 Å². The van der Waals surface area contributed by atoms with E-state index in [-0.39, 0.29) is 12.1 Å². The van der Waals surface area contributed by atoms with E-state index in [1.165, 1.54) is 44.9 Å². The molecule has 194 valence electrons. The number of unbranched alkanes of at least 4 members (excludes halogenated alkanes) is 8. The maximum absolute atomic E-state index is 12.4. The van der Waals surface area contributed by atoms with Crippen molar-refractivity contribution in [2.24, 2.45) is 0 Å². The van der Waals surface area contributed by atoms with Crippen molar-refractivity contribution in [2.75, 3.05) is 13.2 Å². The second-order valence-electron chi connectivity index (χ2n) is 9.42. The van der Waals surface area contributed by atoms with Crippen LogP contribution in [-0.4, -0.2) is 25.3 Å². The van der Waals surface area contributed by atoms with Crippen molar-refractivity contribution < 1.29 is 19.0 Å². The Balaban J connectivity index is 1.76. The summed E-state index contributed by atoms with van der Waals surface area (Å²) in [4.78, 5) is 12.4. The topological polar surface area (TPSA) is 44.8 Å². The van der Waals surface area contributed by atoms with Crippen LogP contribution in [0.3, 0.4) is 0 Å². The number of carbonyl (C=O) groups is 1. The fourth-order valence-electron chi connectivity index (χ4n) is 3.96. The summed E-state index contributed by atoms with van der Waals surface area (Å²) >= 11 is 0. The molecule has 0 aliphatic heterocycles. The largest absolute Gasteiger partial charge is 0.494 e. The van der Waals surface area contributed by atoms with Crippen LogP contribution in [-0.2, 0) is 14.3 Å². The number of benzene rings is 2. The minimum Gasteiger partial charge on any atom is -0.494 e. The van der Waals surface area contributed by atoms with Gasteiger partial charge in [-0.05, 0) is 55.5 Å². The van der Waals surface area contributed by atoms with Crippen LogP contribution in [0.1, 0.15) is 104 Å². The molecule has 0 saturated heterocycles. The molecule has 2 aromatic carbocycles. The van der Waals surface area contributed by atoms with Gasteiger partial charge in [-0.15, -0.1) is 0 Å². The molecule has 0 aliphatic rings. The SMILES string of the molecule is CCCCCCCOc1ccc(-c2ccc(C(C)OC(=O)C(C)OCCCCCCC)cc2)cc1. The van der Waals surface area contributed by atoms with Crippen molar-refractivity contribution in [3.05, 3.63) is 54.1 Å². The van der Waals surface area contributed by atoms with E-state index in [4.69, 9.17) is 14.2 Å². The van der Waals surface area contributed by atoms with Crippen LogP contribution in [0.25, 0.3) is 11.1 Å². The fraction of sp³-hybridized carbons (Fsp3) is 0.581. The molecule has 0 bridgehead atoms. The lowest BCUT2D eigenvalue weighted by atomic mass is 10.0. The fourth-order valence-corrected chi connectivity index (χ4v) is 3.96. The van der Waals surface area contributed by atoms with Crippen LogP contribution in [0.2, 0.25) is 0 Å². The number of carbonyl (C=O) groups excluding carboxylic acids is 1. The highest BCUT2D eigenvalue weighted by Gasteiger charge is 2.19. The Morgan fingerprint density at radius 2 is 1.20 bits per heavy atom. The van der Waals surface area contributed by atoms with Gasteiger partial charge in [0.2, 0.25) is 0 Å². The molecule has 4 nitrogen and oxygen atoms in total. The third-order valence-corrected chi connectivity index (χ3v) is 6.32. The smallest absolute Gasteiger partial charge is 0.335 e. The van der Waals surface area contributed by atoms with Gasteiger partial charge in [-0.3, -0.25) is 0 Å². The summed E-state index contributed by atoms with van der Waals surface area (Å²) in [6.07, 6.45) is 11.2. The minimum atomic E-state index is -0.542. The van der Waals surface area contributed by atoms with Crippen molar-refractivity contribution in [3.63, 3.8) is 0 Å². The lowest BCUT2D eigenvalue weighted by molar-refractivity contribution is -0.161. The number of hydrogen-bond donors (Lipinski definition) is 0. The third-order valence-electron chi connectivity index (χ3n) is 6.32. The molecular weight excluding hydrogens is 436 g/mol. The Labute approximate surface area is 213 Å². The molecule has 0 spiro atoms. The van der Waals surface area contributed by atoms with Gasteiger partial charge in [0.25, 0.3) is 0 Å². The van der Waals surface area contributed by atoms with Gasteiger partial charge in [-0.25, -0.2) is 4.79 Å². The van der Waals surface area contributed by atoms with Crippen LogP contribution < -0.4 is 4.74 Å². The molecule has 0 saturated carbocycles. The summed E-state index contributed by atoms with van der Waals surface area (Å²) in [5, 5.41) is 0. The van der Waals surface area contributed by atoms with Crippen molar-refractivity contribution in [1.29, 1.82) is 0 Å².